The van der Waals surface area contributed by atoms with Gasteiger partial charge in [-0.05, 0) is 30.7 Å². The van der Waals surface area contributed by atoms with E-state index in [4.69, 9.17) is 4.74 Å². The summed E-state index contributed by atoms with van der Waals surface area (Å²) in [5.41, 5.74) is 3.34. The Morgan fingerprint density at radius 1 is 1.38 bits per heavy atom. The molecule has 3 N–H and O–H groups in total. The minimum atomic E-state index is -0.350. The number of hydrogen-bond acceptors (Lipinski definition) is 6. The number of esters is 1. The fourth-order valence-corrected chi connectivity index (χ4v) is 4.16. The van der Waals surface area contributed by atoms with Gasteiger partial charge in [0.15, 0.2) is 5.13 Å². The Bertz CT molecular complexity index is 1120. The fourth-order valence-electron chi connectivity index (χ4n) is 3.46. The summed E-state index contributed by atoms with van der Waals surface area (Å²) in [6.45, 7) is 4.67. The van der Waals surface area contributed by atoms with Gasteiger partial charge in [0.2, 0.25) is 0 Å². The highest BCUT2D eigenvalue weighted by molar-refractivity contribution is 7.14. The molecule has 0 radical (unpaired) electrons. The van der Waals surface area contributed by atoms with Crippen molar-refractivity contribution in [2.24, 2.45) is 0 Å². The van der Waals surface area contributed by atoms with E-state index in [-0.39, 0.29) is 30.1 Å². The van der Waals surface area contributed by atoms with Gasteiger partial charge in [0.25, 0.3) is 11.8 Å². The van der Waals surface area contributed by atoms with Crippen LogP contribution in [0, 0.1) is 0 Å². The zero-order valence-electron chi connectivity index (χ0n) is 16.0. The minimum absolute atomic E-state index is 0.0710. The van der Waals surface area contributed by atoms with Crippen molar-refractivity contribution in [2.45, 2.75) is 26.2 Å². The standard InChI is InChI=1S/C20H20N4O4S/c1-3-28-15(25)7-12-9-29-20(22-12)24-18(26)11-4-5-14-13(6-11)16-10(2)8-21-19(27)17(16)23-14/h4-6,9-10,23H,3,7-8H2,1-2H3,(H,21,27)(H,22,24,26). The molecule has 0 saturated carbocycles. The molecule has 0 bridgehead atoms. The van der Waals surface area contributed by atoms with Crippen LogP contribution in [-0.2, 0) is 16.0 Å². The number of hydrogen-bond donors (Lipinski definition) is 3. The van der Waals surface area contributed by atoms with Crippen LogP contribution >= 0.6 is 11.3 Å². The van der Waals surface area contributed by atoms with Gasteiger partial charge in [0.1, 0.15) is 5.69 Å². The van der Waals surface area contributed by atoms with Gasteiger partial charge < -0.3 is 15.0 Å². The lowest BCUT2D eigenvalue weighted by molar-refractivity contribution is -0.142. The van der Waals surface area contributed by atoms with E-state index in [1.165, 1.54) is 11.3 Å². The summed E-state index contributed by atoms with van der Waals surface area (Å²) >= 11 is 1.25. The molecular weight excluding hydrogens is 392 g/mol. The number of anilines is 1. The first kappa shape index (κ1) is 19.1. The number of carbonyl (C=O) groups is 3. The monoisotopic (exact) mass is 412 g/mol. The lowest BCUT2D eigenvalue weighted by atomic mass is 9.93. The molecule has 1 aromatic carbocycles. The van der Waals surface area contributed by atoms with Gasteiger partial charge in [-0.2, -0.15) is 0 Å². The average Bonchev–Trinajstić information content (AvgIpc) is 3.29. The van der Waals surface area contributed by atoms with E-state index >= 15 is 0 Å². The minimum Gasteiger partial charge on any atom is -0.466 e. The highest BCUT2D eigenvalue weighted by atomic mass is 32.1. The number of amides is 2. The number of benzene rings is 1. The third-order valence-electron chi connectivity index (χ3n) is 4.79. The first-order valence-electron chi connectivity index (χ1n) is 9.31. The Balaban J connectivity index is 1.55. The summed E-state index contributed by atoms with van der Waals surface area (Å²) in [5, 5.41) is 8.63. The number of fused-ring (bicyclic) bond motifs is 3. The van der Waals surface area contributed by atoms with Crippen LogP contribution in [0.5, 0.6) is 0 Å². The molecule has 8 nitrogen and oxygen atoms in total. The van der Waals surface area contributed by atoms with Gasteiger partial charge in [-0.25, -0.2) is 4.98 Å². The highest BCUT2D eigenvalue weighted by Gasteiger charge is 2.27. The predicted octanol–water partition coefficient (Wildman–Crippen LogP) is 2.83. The molecular formula is C20H20N4O4S. The zero-order chi connectivity index (χ0) is 20.5. The third kappa shape index (κ3) is 3.73. The number of aromatic amines is 1. The van der Waals surface area contributed by atoms with Crippen molar-refractivity contribution in [3.8, 4) is 0 Å². The number of aromatic nitrogens is 2. The topological polar surface area (TPSA) is 113 Å². The van der Waals surface area contributed by atoms with E-state index in [2.05, 4.69) is 20.6 Å². The Morgan fingerprint density at radius 2 is 2.21 bits per heavy atom. The van der Waals surface area contributed by atoms with E-state index in [9.17, 15) is 14.4 Å². The number of nitrogens with zero attached hydrogens (tertiary/aromatic N) is 1. The molecule has 3 aromatic rings. The number of thiazole rings is 1. The summed E-state index contributed by atoms with van der Waals surface area (Å²) in [7, 11) is 0. The van der Waals surface area contributed by atoms with Crippen LogP contribution in [0.25, 0.3) is 10.9 Å². The first-order chi connectivity index (χ1) is 14.0. The quantitative estimate of drug-likeness (QED) is 0.558. The van der Waals surface area contributed by atoms with E-state index in [1.807, 2.05) is 6.92 Å². The van der Waals surface area contributed by atoms with Crippen LogP contribution in [0.1, 0.15) is 51.9 Å². The Hall–Kier alpha value is -3.20. The molecule has 0 saturated heterocycles. The van der Waals surface area contributed by atoms with Gasteiger partial charge in [-0.1, -0.05) is 6.92 Å². The van der Waals surface area contributed by atoms with Crippen LogP contribution in [0.2, 0.25) is 0 Å². The van der Waals surface area contributed by atoms with Crippen LogP contribution in [0.15, 0.2) is 23.6 Å². The second-order valence-electron chi connectivity index (χ2n) is 6.87. The van der Waals surface area contributed by atoms with Crippen molar-refractivity contribution < 1.29 is 19.1 Å². The largest absolute Gasteiger partial charge is 0.466 e. The lowest BCUT2D eigenvalue weighted by Crippen LogP contribution is -2.33. The Kier molecular flexibility index (Phi) is 5.06. The molecule has 1 aliphatic heterocycles. The molecule has 29 heavy (non-hydrogen) atoms. The summed E-state index contributed by atoms with van der Waals surface area (Å²) < 4.78 is 4.91. The normalized spacial score (nSPS) is 15.7. The number of H-pyrrole nitrogens is 1. The second-order valence-corrected chi connectivity index (χ2v) is 7.72. The molecule has 9 heteroatoms. The summed E-state index contributed by atoms with van der Waals surface area (Å²) in [6.07, 6.45) is 0.0710. The zero-order valence-corrected chi connectivity index (χ0v) is 16.8. The molecule has 2 aromatic heterocycles. The number of ether oxygens (including phenoxy) is 1. The molecule has 4 rings (SSSR count). The SMILES string of the molecule is CCOC(=O)Cc1csc(NC(=O)c2ccc3[nH]c4c(c3c2)C(C)CNC4=O)n1. The maximum absolute atomic E-state index is 12.7. The van der Waals surface area contributed by atoms with Crippen molar-refractivity contribution >= 4 is 45.2 Å². The average molecular weight is 412 g/mol. The summed E-state index contributed by atoms with van der Waals surface area (Å²) in [6, 6.07) is 5.30. The van der Waals surface area contributed by atoms with Crippen molar-refractivity contribution in [3.63, 3.8) is 0 Å². The molecule has 1 unspecified atom stereocenters. The van der Waals surface area contributed by atoms with Crippen molar-refractivity contribution in [1.29, 1.82) is 0 Å². The van der Waals surface area contributed by atoms with Gasteiger partial charge in [-0.3, -0.25) is 19.7 Å². The summed E-state index contributed by atoms with van der Waals surface area (Å²) in [4.78, 5) is 43.8. The second kappa shape index (κ2) is 7.67. The predicted molar refractivity (Wildman–Crippen MR) is 109 cm³/mol. The van der Waals surface area contributed by atoms with Crippen molar-refractivity contribution in [3.05, 3.63) is 46.1 Å². The number of nitrogens with one attached hydrogen (secondary N) is 3. The van der Waals surface area contributed by atoms with Crippen LogP contribution in [0.4, 0.5) is 5.13 Å². The van der Waals surface area contributed by atoms with Gasteiger partial charge in [-0.15, -0.1) is 11.3 Å². The molecule has 1 atom stereocenters. The molecule has 0 spiro atoms. The molecule has 0 aliphatic carbocycles. The van der Waals surface area contributed by atoms with Crippen LogP contribution in [-0.4, -0.2) is 40.9 Å². The molecule has 0 fully saturated rings. The highest BCUT2D eigenvalue weighted by Crippen LogP contribution is 2.32. The number of rotatable bonds is 5. The van der Waals surface area contributed by atoms with Gasteiger partial charge in [0, 0.05) is 34.3 Å². The smallest absolute Gasteiger partial charge is 0.311 e. The maximum atomic E-state index is 12.7. The van der Waals surface area contributed by atoms with Crippen LogP contribution in [0.3, 0.4) is 0 Å². The van der Waals surface area contributed by atoms with Crippen LogP contribution < -0.4 is 10.6 Å². The van der Waals surface area contributed by atoms with Crippen molar-refractivity contribution in [1.82, 2.24) is 15.3 Å². The van der Waals surface area contributed by atoms with Gasteiger partial charge in [0.05, 0.1) is 18.7 Å². The van der Waals surface area contributed by atoms with E-state index < -0.39 is 0 Å². The van der Waals surface area contributed by atoms with Gasteiger partial charge >= 0.3 is 5.97 Å². The molecule has 150 valence electrons. The maximum Gasteiger partial charge on any atom is 0.311 e. The lowest BCUT2D eigenvalue weighted by Gasteiger charge is -2.19. The number of carbonyl (C=O) groups excluding carboxylic acids is 3. The first-order valence-corrected chi connectivity index (χ1v) is 10.2. The van der Waals surface area contributed by atoms with E-state index in [0.717, 1.165) is 16.5 Å². The molecule has 3 heterocycles. The Labute approximate surface area is 170 Å². The van der Waals surface area contributed by atoms with Crippen molar-refractivity contribution in [2.75, 3.05) is 18.5 Å². The third-order valence-corrected chi connectivity index (χ3v) is 5.60. The van der Waals surface area contributed by atoms with E-state index in [0.29, 0.717) is 35.2 Å². The molecule has 2 amide bonds. The van der Waals surface area contributed by atoms with E-state index in [1.54, 1.807) is 30.5 Å². The fraction of sp³-hybridized carbons (Fsp3) is 0.300. The molecule has 1 aliphatic rings. The summed E-state index contributed by atoms with van der Waals surface area (Å²) in [5.74, 6) is -0.625. The Morgan fingerprint density at radius 3 is 3.00 bits per heavy atom.